The fourth-order valence-corrected chi connectivity index (χ4v) is 2.08. The Balaban J connectivity index is 2.94. The zero-order valence-corrected chi connectivity index (χ0v) is 11.8. The maximum absolute atomic E-state index is 12.3. The molecule has 1 aromatic rings. The summed E-state index contributed by atoms with van der Waals surface area (Å²) in [5.41, 5.74) is 0.444. The van der Waals surface area contributed by atoms with Gasteiger partial charge in [0, 0.05) is 13.0 Å². The number of carbonyl (C=O) groups is 1. The Kier molecular flexibility index (Phi) is 6.30. The van der Waals surface area contributed by atoms with Crippen molar-refractivity contribution in [2.24, 2.45) is 0 Å². The minimum atomic E-state index is -0.675. The number of benzene rings is 1. The van der Waals surface area contributed by atoms with E-state index < -0.39 is 5.54 Å². The third-order valence-electron chi connectivity index (χ3n) is 3.20. The van der Waals surface area contributed by atoms with Crippen LogP contribution < -0.4 is 5.32 Å². The van der Waals surface area contributed by atoms with Gasteiger partial charge in [0.2, 0.25) is 0 Å². The second-order valence-electron chi connectivity index (χ2n) is 4.49. The van der Waals surface area contributed by atoms with E-state index in [4.69, 9.17) is 4.74 Å². The molecule has 0 heterocycles. The first-order valence-corrected chi connectivity index (χ1v) is 6.75. The number of esters is 1. The minimum absolute atomic E-state index is 0.191. The molecule has 1 rings (SSSR count). The smallest absolute Gasteiger partial charge is 0.326 e. The Bertz CT molecular complexity index is 402. The molecule has 1 N–H and O–H groups in total. The van der Waals surface area contributed by atoms with Gasteiger partial charge in [-0.15, -0.1) is 6.58 Å². The summed E-state index contributed by atoms with van der Waals surface area (Å²) in [6.07, 6.45) is 3.06. The summed E-state index contributed by atoms with van der Waals surface area (Å²) >= 11 is 0. The SMILES string of the molecule is C=CCNC(CC)(Cc1ccccc1)C(=O)OCC. The zero-order valence-electron chi connectivity index (χ0n) is 11.8. The molecule has 0 bridgehead atoms. The van der Waals surface area contributed by atoms with Gasteiger partial charge in [-0.2, -0.15) is 0 Å². The van der Waals surface area contributed by atoms with Gasteiger partial charge in [-0.05, 0) is 18.9 Å². The normalized spacial score (nSPS) is 13.6. The van der Waals surface area contributed by atoms with E-state index >= 15 is 0 Å². The van der Waals surface area contributed by atoms with Gasteiger partial charge in [0.25, 0.3) is 0 Å². The second kappa shape index (κ2) is 7.74. The topological polar surface area (TPSA) is 38.3 Å². The zero-order chi connectivity index (χ0) is 14.1. The Labute approximate surface area is 115 Å². The molecular formula is C16H23NO2. The van der Waals surface area contributed by atoms with Crippen molar-refractivity contribution in [2.75, 3.05) is 13.2 Å². The lowest BCUT2D eigenvalue weighted by atomic mass is 9.88. The number of rotatable bonds is 8. The lowest BCUT2D eigenvalue weighted by Crippen LogP contribution is -2.54. The van der Waals surface area contributed by atoms with Crippen molar-refractivity contribution in [3.8, 4) is 0 Å². The van der Waals surface area contributed by atoms with Crippen LogP contribution >= 0.6 is 0 Å². The molecule has 3 nitrogen and oxygen atoms in total. The van der Waals surface area contributed by atoms with Gasteiger partial charge < -0.3 is 4.74 Å². The van der Waals surface area contributed by atoms with Gasteiger partial charge in [-0.1, -0.05) is 43.3 Å². The summed E-state index contributed by atoms with van der Waals surface area (Å²) in [7, 11) is 0. The molecule has 19 heavy (non-hydrogen) atoms. The van der Waals surface area contributed by atoms with Gasteiger partial charge in [0.15, 0.2) is 0 Å². The lowest BCUT2D eigenvalue weighted by Gasteiger charge is -2.31. The third kappa shape index (κ3) is 4.21. The minimum Gasteiger partial charge on any atom is -0.465 e. The van der Waals surface area contributed by atoms with Gasteiger partial charge >= 0.3 is 5.97 Å². The maximum Gasteiger partial charge on any atom is 0.326 e. The summed E-state index contributed by atoms with van der Waals surface area (Å²) in [5, 5.41) is 3.27. The van der Waals surface area contributed by atoms with Crippen LogP contribution in [-0.2, 0) is 16.0 Å². The van der Waals surface area contributed by atoms with Crippen molar-refractivity contribution in [3.05, 3.63) is 48.6 Å². The van der Waals surface area contributed by atoms with E-state index in [1.54, 1.807) is 6.08 Å². The Morgan fingerprint density at radius 3 is 2.58 bits per heavy atom. The summed E-state index contributed by atoms with van der Waals surface area (Å²) < 4.78 is 5.23. The van der Waals surface area contributed by atoms with Crippen LogP contribution in [0.15, 0.2) is 43.0 Å². The number of hydrogen-bond donors (Lipinski definition) is 1. The molecule has 0 spiro atoms. The lowest BCUT2D eigenvalue weighted by molar-refractivity contribution is -0.151. The molecule has 0 radical (unpaired) electrons. The standard InChI is InChI=1S/C16H23NO2/c1-4-12-17-16(5-2,15(18)19-6-3)13-14-10-8-7-9-11-14/h4,7-11,17H,1,5-6,12-13H2,2-3H3. The highest BCUT2D eigenvalue weighted by Crippen LogP contribution is 2.19. The highest BCUT2D eigenvalue weighted by atomic mass is 16.5. The fourth-order valence-electron chi connectivity index (χ4n) is 2.08. The average molecular weight is 261 g/mol. The molecule has 1 atom stereocenters. The van der Waals surface area contributed by atoms with Crippen LogP contribution in [0.3, 0.4) is 0 Å². The number of hydrogen-bond acceptors (Lipinski definition) is 3. The van der Waals surface area contributed by atoms with Crippen LogP contribution in [0.5, 0.6) is 0 Å². The van der Waals surface area contributed by atoms with Gasteiger partial charge in [-0.3, -0.25) is 10.1 Å². The largest absolute Gasteiger partial charge is 0.465 e. The molecule has 0 saturated heterocycles. The Hall–Kier alpha value is -1.61. The summed E-state index contributed by atoms with van der Waals surface area (Å²) in [6.45, 7) is 8.50. The molecule has 0 fully saturated rings. The summed E-state index contributed by atoms with van der Waals surface area (Å²) in [6, 6.07) is 9.99. The summed E-state index contributed by atoms with van der Waals surface area (Å²) in [5.74, 6) is -0.191. The summed E-state index contributed by atoms with van der Waals surface area (Å²) in [4.78, 5) is 12.3. The van der Waals surface area contributed by atoms with E-state index in [0.29, 0.717) is 26.0 Å². The molecule has 0 aliphatic rings. The van der Waals surface area contributed by atoms with Crippen molar-refractivity contribution in [2.45, 2.75) is 32.2 Å². The van der Waals surface area contributed by atoms with E-state index in [2.05, 4.69) is 11.9 Å². The monoisotopic (exact) mass is 261 g/mol. The van der Waals surface area contributed by atoms with E-state index in [1.165, 1.54) is 0 Å². The van der Waals surface area contributed by atoms with E-state index in [9.17, 15) is 4.79 Å². The van der Waals surface area contributed by atoms with Crippen LogP contribution in [0, 0.1) is 0 Å². The molecule has 0 aliphatic heterocycles. The predicted molar refractivity (Wildman–Crippen MR) is 78.0 cm³/mol. The second-order valence-corrected chi connectivity index (χ2v) is 4.49. The van der Waals surface area contributed by atoms with Crippen molar-refractivity contribution in [3.63, 3.8) is 0 Å². The number of nitrogens with one attached hydrogen (secondary N) is 1. The van der Waals surface area contributed by atoms with Crippen LogP contribution in [0.4, 0.5) is 0 Å². The van der Waals surface area contributed by atoms with Crippen molar-refractivity contribution in [1.82, 2.24) is 5.32 Å². The van der Waals surface area contributed by atoms with Crippen LogP contribution in [-0.4, -0.2) is 24.7 Å². The number of carbonyl (C=O) groups excluding carboxylic acids is 1. The molecule has 3 heteroatoms. The van der Waals surface area contributed by atoms with Crippen LogP contribution in [0.2, 0.25) is 0 Å². The van der Waals surface area contributed by atoms with Crippen molar-refractivity contribution < 1.29 is 9.53 Å². The van der Waals surface area contributed by atoms with Crippen molar-refractivity contribution in [1.29, 1.82) is 0 Å². The molecule has 0 saturated carbocycles. The molecule has 0 aliphatic carbocycles. The Morgan fingerprint density at radius 1 is 1.37 bits per heavy atom. The molecule has 1 aromatic carbocycles. The van der Waals surface area contributed by atoms with Crippen molar-refractivity contribution >= 4 is 5.97 Å². The average Bonchev–Trinajstić information content (AvgIpc) is 2.45. The van der Waals surface area contributed by atoms with Gasteiger partial charge in [0.05, 0.1) is 6.61 Å². The fraction of sp³-hybridized carbons (Fsp3) is 0.438. The van der Waals surface area contributed by atoms with E-state index in [1.807, 2.05) is 44.2 Å². The predicted octanol–water partition coefficient (Wildman–Crippen LogP) is 2.72. The maximum atomic E-state index is 12.3. The van der Waals surface area contributed by atoms with E-state index in [-0.39, 0.29) is 5.97 Å². The molecule has 0 aromatic heterocycles. The van der Waals surface area contributed by atoms with Crippen LogP contribution in [0.1, 0.15) is 25.8 Å². The quantitative estimate of drug-likeness (QED) is 0.577. The first-order valence-electron chi connectivity index (χ1n) is 6.75. The van der Waals surface area contributed by atoms with Crippen LogP contribution in [0.25, 0.3) is 0 Å². The van der Waals surface area contributed by atoms with Gasteiger partial charge in [-0.25, -0.2) is 0 Å². The molecule has 104 valence electrons. The highest BCUT2D eigenvalue weighted by molar-refractivity contribution is 5.81. The number of ether oxygens (including phenoxy) is 1. The first-order chi connectivity index (χ1) is 9.18. The molecule has 0 amide bonds. The highest BCUT2D eigenvalue weighted by Gasteiger charge is 2.37. The first kappa shape index (κ1) is 15.4. The third-order valence-corrected chi connectivity index (χ3v) is 3.20. The van der Waals surface area contributed by atoms with E-state index in [0.717, 1.165) is 5.56 Å². The Morgan fingerprint density at radius 2 is 2.05 bits per heavy atom. The van der Waals surface area contributed by atoms with Gasteiger partial charge in [0.1, 0.15) is 5.54 Å². The molecule has 1 unspecified atom stereocenters. The molecular weight excluding hydrogens is 238 g/mol.